The molecule has 0 saturated carbocycles. The second-order valence-electron chi connectivity index (χ2n) is 19.0. The van der Waals surface area contributed by atoms with E-state index in [-0.39, 0.29) is 5.41 Å². The highest BCUT2D eigenvalue weighted by Crippen LogP contribution is 2.55. The zero-order valence-electron chi connectivity index (χ0n) is 39.5. The molecule has 1 nitrogen and oxygen atoms in total. The van der Waals surface area contributed by atoms with Crippen LogP contribution < -0.4 is 4.90 Å². The fraction of sp³-hybridized carbons (Fsp3) is 0.0286. The smallest absolute Gasteiger partial charge is 0.0467 e. The molecule has 13 rings (SSSR count). The Bertz CT molecular complexity index is 3920. The molecule has 71 heavy (non-hydrogen) atoms. The van der Waals surface area contributed by atoms with Crippen LogP contribution in [-0.2, 0) is 5.41 Å². The molecule has 1 heteroatoms. The summed E-state index contributed by atoms with van der Waals surface area (Å²) in [6.45, 7) is 2.39. The Morgan fingerprint density at radius 2 is 0.662 bits per heavy atom. The van der Waals surface area contributed by atoms with Crippen molar-refractivity contribution in [1.29, 1.82) is 0 Å². The third-order valence-electron chi connectivity index (χ3n) is 14.9. The van der Waals surface area contributed by atoms with Gasteiger partial charge in [-0.15, -0.1) is 0 Å². The van der Waals surface area contributed by atoms with Crippen LogP contribution in [0.1, 0.15) is 23.6 Å². The predicted octanol–water partition coefficient (Wildman–Crippen LogP) is 19.1. The van der Waals surface area contributed by atoms with Crippen molar-refractivity contribution in [2.24, 2.45) is 0 Å². The molecule has 0 saturated heterocycles. The third-order valence-corrected chi connectivity index (χ3v) is 14.9. The molecule has 1 aliphatic rings. The highest BCUT2D eigenvalue weighted by Gasteiger charge is 2.41. The second-order valence-corrected chi connectivity index (χ2v) is 19.0. The summed E-state index contributed by atoms with van der Waals surface area (Å²) in [6, 6.07) is 103. The van der Waals surface area contributed by atoms with Crippen LogP contribution in [0, 0.1) is 0 Å². The molecule has 0 aliphatic heterocycles. The van der Waals surface area contributed by atoms with Crippen molar-refractivity contribution in [1.82, 2.24) is 0 Å². The van der Waals surface area contributed by atoms with Gasteiger partial charge < -0.3 is 4.90 Å². The van der Waals surface area contributed by atoms with Gasteiger partial charge >= 0.3 is 0 Å². The largest absolute Gasteiger partial charge is 0.310 e. The number of nitrogens with zero attached hydrogens (tertiary/aromatic N) is 1. The van der Waals surface area contributed by atoms with Crippen LogP contribution in [0.4, 0.5) is 17.1 Å². The molecule has 12 aromatic carbocycles. The molecule has 0 radical (unpaired) electrons. The van der Waals surface area contributed by atoms with Crippen LogP contribution in [0.3, 0.4) is 0 Å². The molecular formula is C70H49N. The van der Waals surface area contributed by atoms with E-state index in [4.69, 9.17) is 0 Å². The highest BCUT2D eigenvalue weighted by molar-refractivity contribution is 5.95. The first-order valence-corrected chi connectivity index (χ1v) is 24.6. The molecule has 334 valence electrons. The first-order chi connectivity index (χ1) is 35.0. The Morgan fingerprint density at radius 1 is 0.254 bits per heavy atom. The molecule has 0 fully saturated rings. The first kappa shape index (κ1) is 42.1. The summed E-state index contributed by atoms with van der Waals surface area (Å²) in [5, 5.41) is 5.02. The van der Waals surface area contributed by atoms with E-state index in [1.165, 1.54) is 99.4 Å². The van der Waals surface area contributed by atoms with Gasteiger partial charge in [0.05, 0.1) is 0 Å². The average Bonchev–Trinajstić information content (AvgIpc) is 3.72. The SMILES string of the molecule is CC1(c2ccccc2)c2ccccc2-c2c(-c3cccc(N(c4ccc(-c5ccc(-c6ccc7ccccc7c6)cc5)cc4)c4cccc(-c5ccc(-c6ccc7ccccc7c6)cc5)c4)c3)cccc21. The fourth-order valence-corrected chi connectivity index (χ4v) is 11.2. The van der Waals surface area contributed by atoms with Crippen LogP contribution >= 0.6 is 0 Å². The van der Waals surface area contributed by atoms with Crippen molar-refractivity contribution >= 4 is 38.6 Å². The van der Waals surface area contributed by atoms with Crippen LogP contribution in [-0.4, -0.2) is 0 Å². The van der Waals surface area contributed by atoms with E-state index in [2.05, 4.69) is 291 Å². The Hall–Kier alpha value is -9.04. The summed E-state index contributed by atoms with van der Waals surface area (Å²) in [7, 11) is 0. The predicted molar refractivity (Wildman–Crippen MR) is 301 cm³/mol. The maximum absolute atomic E-state index is 2.41. The van der Waals surface area contributed by atoms with E-state index >= 15 is 0 Å². The van der Waals surface area contributed by atoms with Crippen LogP contribution in [0.25, 0.3) is 88.3 Å². The van der Waals surface area contributed by atoms with E-state index in [1.807, 2.05) is 0 Å². The zero-order chi connectivity index (χ0) is 47.3. The molecule has 1 unspecified atom stereocenters. The average molecular weight is 904 g/mol. The summed E-state index contributed by atoms with van der Waals surface area (Å²) in [4.78, 5) is 2.41. The van der Waals surface area contributed by atoms with Gasteiger partial charge in [0, 0.05) is 22.5 Å². The Labute approximate surface area is 416 Å². The van der Waals surface area contributed by atoms with Crippen LogP contribution in [0.15, 0.2) is 279 Å². The summed E-state index contributed by atoms with van der Waals surface area (Å²) in [5.74, 6) is 0. The lowest BCUT2D eigenvalue weighted by atomic mass is 9.74. The van der Waals surface area contributed by atoms with Crippen LogP contribution in [0.2, 0.25) is 0 Å². The lowest BCUT2D eigenvalue weighted by molar-refractivity contribution is 0.714. The number of hydrogen-bond acceptors (Lipinski definition) is 1. The molecule has 1 aliphatic carbocycles. The molecular weight excluding hydrogens is 855 g/mol. The maximum atomic E-state index is 2.41. The van der Waals surface area contributed by atoms with Gasteiger partial charge in [0.2, 0.25) is 0 Å². The van der Waals surface area contributed by atoms with Crippen molar-refractivity contribution in [3.63, 3.8) is 0 Å². The fourth-order valence-electron chi connectivity index (χ4n) is 11.2. The van der Waals surface area contributed by atoms with Gasteiger partial charge in [0.15, 0.2) is 0 Å². The normalized spacial score (nSPS) is 13.8. The molecule has 1 atom stereocenters. The van der Waals surface area contributed by atoms with Gasteiger partial charge in [-0.2, -0.15) is 0 Å². The minimum atomic E-state index is -0.278. The lowest BCUT2D eigenvalue weighted by Crippen LogP contribution is -2.22. The summed E-state index contributed by atoms with van der Waals surface area (Å²) in [6.07, 6.45) is 0. The van der Waals surface area contributed by atoms with E-state index in [0.29, 0.717) is 0 Å². The topological polar surface area (TPSA) is 3.24 Å². The number of benzene rings is 12. The summed E-state index contributed by atoms with van der Waals surface area (Å²) in [5.41, 5.74) is 21.5. The van der Waals surface area contributed by atoms with Gasteiger partial charge in [0.1, 0.15) is 0 Å². The minimum absolute atomic E-state index is 0.278. The lowest BCUT2D eigenvalue weighted by Gasteiger charge is -2.28. The minimum Gasteiger partial charge on any atom is -0.310 e. The Balaban J connectivity index is 0.887. The second kappa shape index (κ2) is 17.5. The van der Waals surface area contributed by atoms with E-state index in [1.54, 1.807) is 0 Å². The van der Waals surface area contributed by atoms with Crippen molar-refractivity contribution in [3.05, 3.63) is 296 Å². The van der Waals surface area contributed by atoms with Crippen molar-refractivity contribution in [3.8, 4) is 66.8 Å². The summed E-state index contributed by atoms with van der Waals surface area (Å²) < 4.78 is 0. The number of rotatable bonds is 9. The van der Waals surface area contributed by atoms with Gasteiger partial charge in [0.25, 0.3) is 0 Å². The van der Waals surface area contributed by atoms with Crippen molar-refractivity contribution in [2.45, 2.75) is 12.3 Å². The molecule has 0 aromatic heterocycles. The summed E-state index contributed by atoms with van der Waals surface area (Å²) >= 11 is 0. The molecule has 0 N–H and O–H groups in total. The van der Waals surface area contributed by atoms with E-state index in [9.17, 15) is 0 Å². The monoisotopic (exact) mass is 903 g/mol. The Morgan fingerprint density at radius 3 is 1.25 bits per heavy atom. The Kier molecular flexibility index (Phi) is 10.4. The third kappa shape index (κ3) is 7.51. The number of fused-ring (bicyclic) bond motifs is 5. The molecule has 12 aromatic rings. The maximum Gasteiger partial charge on any atom is 0.0467 e. The molecule has 0 bridgehead atoms. The van der Waals surface area contributed by atoms with E-state index in [0.717, 1.165) is 22.6 Å². The van der Waals surface area contributed by atoms with Gasteiger partial charge in [-0.3, -0.25) is 0 Å². The van der Waals surface area contributed by atoms with Crippen molar-refractivity contribution in [2.75, 3.05) is 4.90 Å². The van der Waals surface area contributed by atoms with Gasteiger partial charge in [-0.25, -0.2) is 0 Å². The number of hydrogen-bond donors (Lipinski definition) is 0. The highest BCUT2D eigenvalue weighted by atomic mass is 15.1. The van der Waals surface area contributed by atoms with Crippen molar-refractivity contribution < 1.29 is 0 Å². The molecule has 0 spiro atoms. The zero-order valence-corrected chi connectivity index (χ0v) is 39.5. The molecule has 0 heterocycles. The van der Waals surface area contributed by atoms with Gasteiger partial charge in [-0.1, -0.05) is 231 Å². The molecule has 0 amide bonds. The standard InChI is InChI=1S/C70H49N/c1-70(61-20-3-2-4-21-61)67-26-10-9-24-66(67)69-65(25-13-27-68(69)70)60-19-12-23-64(47-60)71(62-42-40-51(41-43-62)50-28-30-53(31-29-50)58-38-36-48-14-5-7-16-55(48)44-58)63-22-11-18-57(46-63)52-32-34-54(35-33-52)59-39-37-49-15-6-8-17-56(49)45-59/h2-47H,1H3. The van der Waals surface area contributed by atoms with Crippen LogP contribution in [0.5, 0.6) is 0 Å². The number of anilines is 3. The van der Waals surface area contributed by atoms with E-state index < -0.39 is 0 Å². The first-order valence-electron chi connectivity index (χ1n) is 24.6. The quantitative estimate of drug-likeness (QED) is 0.139. The van der Waals surface area contributed by atoms with Gasteiger partial charge in [-0.05, 0) is 160 Å².